The summed E-state index contributed by atoms with van der Waals surface area (Å²) in [5.74, 6) is 0.906. The van der Waals surface area contributed by atoms with E-state index in [1.165, 1.54) is 32.1 Å². The Balaban J connectivity index is 0.00000196. The van der Waals surface area contributed by atoms with Crippen LogP contribution >= 0.6 is 11.3 Å². The van der Waals surface area contributed by atoms with Crippen molar-refractivity contribution in [2.75, 3.05) is 13.2 Å². The monoisotopic (exact) mass is 375 g/mol. The predicted octanol–water partition coefficient (Wildman–Crippen LogP) is 4.03. The first-order valence-corrected chi connectivity index (χ1v) is 10.2. The number of carbonyl (C=O) groups is 1. The number of amides is 1. The molecule has 0 aromatic carbocycles. The second-order valence-electron chi connectivity index (χ2n) is 7.17. The molecular formula is C20H29N3O2S. The summed E-state index contributed by atoms with van der Waals surface area (Å²) in [4.78, 5) is 16.3. The molecule has 142 valence electrons. The van der Waals surface area contributed by atoms with Crippen molar-refractivity contribution >= 4 is 17.2 Å². The van der Waals surface area contributed by atoms with Gasteiger partial charge in [0.15, 0.2) is 0 Å². The largest absolute Gasteiger partial charge is 0.394 e. The summed E-state index contributed by atoms with van der Waals surface area (Å²) in [5, 5.41) is 15.2. The van der Waals surface area contributed by atoms with Gasteiger partial charge in [0.2, 0.25) is 0 Å². The fourth-order valence-corrected chi connectivity index (χ4v) is 5.22. The predicted molar refractivity (Wildman–Crippen MR) is 105 cm³/mol. The molecular weight excluding hydrogens is 346 g/mol. The van der Waals surface area contributed by atoms with Crippen LogP contribution in [0.1, 0.15) is 56.3 Å². The van der Waals surface area contributed by atoms with E-state index in [-0.39, 0.29) is 19.9 Å². The van der Waals surface area contributed by atoms with E-state index in [1.807, 2.05) is 17.6 Å². The highest BCUT2D eigenvalue weighted by Gasteiger charge is 2.36. The van der Waals surface area contributed by atoms with Crippen LogP contribution in [-0.4, -0.2) is 44.9 Å². The van der Waals surface area contributed by atoms with Gasteiger partial charge in [-0.1, -0.05) is 20.3 Å². The summed E-state index contributed by atoms with van der Waals surface area (Å²) in [7, 11) is 0. The topological polar surface area (TPSA) is 58.4 Å². The zero-order valence-corrected chi connectivity index (χ0v) is 15.2. The van der Waals surface area contributed by atoms with Crippen LogP contribution in [0, 0.1) is 5.92 Å². The van der Waals surface area contributed by atoms with Crippen molar-refractivity contribution in [3.05, 3.63) is 29.4 Å². The molecule has 6 heteroatoms. The maximum Gasteiger partial charge on any atom is 0.254 e. The molecule has 1 aliphatic heterocycles. The smallest absolute Gasteiger partial charge is 0.254 e. The number of hydrogen-bond donors (Lipinski definition) is 1. The Bertz CT molecular complexity index is 737. The first kappa shape index (κ1) is 19.1. The molecule has 1 aliphatic carbocycles. The van der Waals surface area contributed by atoms with Crippen molar-refractivity contribution in [1.29, 1.82) is 0 Å². The molecule has 1 saturated carbocycles. The Hall–Kier alpha value is -1.66. The van der Waals surface area contributed by atoms with Gasteiger partial charge in [-0.15, -0.1) is 11.3 Å². The summed E-state index contributed by atoms with van der Waals surface area (Å²) in [6.45, 7) is 1.47. The molecule has 1 amide bonds. The van der Waals surface area contributed by atoms with Crippen LogP contribution in [0.15, 0.2) is 23.8 Å². The molecule has 0 radical (unpaired) electrons. The Labute approximate surface area is 159 Å². The number of hydrogen-bond acceptors (Lipinski definition) is 4. The molecule has 4 rings (SSSR count). The van der Waals surface area contributed by atoms with Crippen molar-refractivity contribution in [2.45, 2.75) is 58.5 Å². The summed E-state index contributed by atoms with van der Waals surface area (Å²) in [6, 6.07) is 2.45. The third kappa shape index (κ3) is 3.71. The zero-order chi connectivity index (χ0) is 17.2. The Morgan fingerprint density at radius 2 is 2.08 bits per heavy atom. The number of aliphatic hydroxyl groups excluding tert-OH is 1. The van der Waals surface area contributed by atoms with E-state index in [2.05, 4.69) is 10.00 Å². The first-order valence-electron chi connectivity index (χ1n) is 9.29. The summed E-state index contributed by atoms with van der Waals surface area (Å²) in [6.07, 6.45) is 11.2. The van der Waals surface area contributed by atoms with E-state index in [0.717, 1.165) is 29.0 Å². The highest BCUT2D eigenvalue weighted by atomic mass is 32.1. The summed E-state index contributed by atoms with van der Waals surface area (Å²) >= 11 is 1.59. The molecule has 1 saturated heterocycles. The Morgan fingerprint density at radius 1 is 1.27 bits per heavy atom. The molecule has 2 unspecified atom stereocenters. The van der Waals surface area contributed by atoms with Crippen molar-refractivity contribution in [2.24, 2.45) is 5.92 Å². The fraction of sp³-hybridized carbons (Fsp3) is 0.600. The molecule has 2 aromatic heterocycles. The van der Waals surface area contributed by atoms with Gasteiger partial charge >= 0.3 is 0 Å². The molecule has 2 atom stereocenters. The standard InChI is InChI=1S/C19H25N3O2S.CH4/c23-9-8-21-12-16(11-20-21)18-10-15(13-25-18)19(24)22-7-3-5-14-4-1-2-6-17(14)22;/h10-14,17,23H,1-9H2;1H4. The normalized spacial score (nSPS) is 22.6. The molecule has 5 nitrogen and oxygen atoms in total. The van der Waals surface area contributed by atoms with Gasteiger partial charge in [0, 0.05) is 34.6 Å². The lowest BCUT2D eigenvalue weighted by Gasteiger charge is -2.44. The second kappa shape index (κ2) is 8.35. The van der Waals surface area contributed by atoms with Crippen LogP contribution in [-0.2, 0) is 6.54 Å². The van der Waals surface area contributed by atoms with Gasteiger partial charge in [0.1, 0.15) is 0 Å². The van der Waals surface area contributed by atoms with Crippen LogP contribution in [0.5, 0.6) is 0 Å². The average molecular weight is 376 g/mol. The molecule has 3 heterocycles. The van der Waals surface area contributed by atoms with Crippen molar-refractivity contribution in [3.63, 3.8) is 0 Å². The minimum Gasteiger partial charge on any atom is -0.394 e. The lowest BCUT2D eigenvalue weighted by Crippen LogP contribution is -2.49. The van der Waals surface area contributed by atoms with E-state index in [9.17, 15) is 4.79 Å². The third-order valence-corrected chi connectivity index (χ3v) is 6.58. The van der Waals surface area contributed by atoms with Gasteiger partial charge in [-0.2, -0.15) is 5.10 Å². The number of thiophene rings is 1. The number of piperidine rings is 1. The van der Waals surface area contributed by atoms with Crippen LogP contribution in [0.4, 0.5) is 0 Å². The lowest BCUT2D eigenvalue weighted by molar-refractivity contribution is 0.0391. The molecule has 0 bridgehead atoms. The van der Waals surface area contributed by atoms with Crippen LogP contribution in [0.25, 0.3) is 10.4 Å². The van der Waals surface area contributed by atoms with Gasteiger partial charge in [0.05, 0.1) is 24.9 Å². The van der Waals surface area contributed by atoms with Gasteiger partial charge < -0.3 is 10.0 Å². The number of rotatable bonds is 4. The van der Waals surface area contributed by atoms with E-state index in [1.54, 1.807) is 22.2 Å². The van der Waals surface area contributed by atoms with Gasteiger partial charge in [0.25, 0.3) is 5.91 Å². The van der Waals surface area contributed by atoms with E-state index >= 15 is 0 Å². The minimum atomic E-state index is 0. The van der Waals surface area contributed by atoms with Crippen LogP contribution < -0.4 is 0 Å². The van der Waals surface area contributed by atoms with Gasteiger partial charge in [-0.05, 0) is 37.7 Å². The second-order valence-corrected chi connectivity index (χ2v) is 8.08. The lowest BCUT2D eigenvalue weighted by atomic mass is 9.78. The number of aliphatic hydroxyl groups is 1. The summed E-state index contributed by atoms with van der Waals surface area (Å²) < 4.78 is 1.73. The highest BCUT2D eigenvalue weighted by molar-refractivity contribution is 7.13. The van der Waals surface area contributed by atoms with Gasteiger partial charge in [-0.3, -0.25) is 9.48 Å². The molecule has 0 spiro atoms. The third-order valence-electron chi connectivity index (χ3n) is 5.60. The molecule has 26 heavy (non-hydrogen) atoms. The van der Waals surface area contributed by atoms with Crippen LogP contribution in [0.3, 0.4) is 0 Å². The minimum absolute atomic E-state index is 0. The molecule has 2 aromatic rings. The summed E-state index contributed by atoms with van der Waals surface area (Å²) in [5.41, 5.74) is 1.81. The number of carbonyl (C=O) groups excluding carboxylic acids is 1. The number of nitrogens with zero attached hydrogens (tertiary/aromatic N) is 3. The first-order chi connectivity index (χ1) is 12.3. The van der Waals surface area contributed by atoms with E-state index in [4.69, 9.17) is 5.11 Å². The SMILES string of the molecule is C.O=C(c1csc(-c2cnn(CCO)c2)c1)N1CCCC2CCCCC21. The van der Waals surface area contributed by atoms with Gasteiger partial charge in [-0.25, -0.2) is 0 Å². The average Bonchev–Trinajstić information content (AvgIpc) is 3.30. The van der Waals surface area contributed by atoms with Crippen LogP contribution in [0.2, 0.25) is 0 Å². The Morgan fingerprint density at radius 3 is 2.92 bits per heavy atom. The Kier molecular flexibility index (Phi) is 6.14. The highest BCUT2D eigenvalue weighted by Crippen LogP contribution is 2.36. The molecule has 2 fully saturated rings. The van der Waals surface area contributed by atoms with Crippen molar-refractivity contribution < 1.29 is 9.90 Å². The van der Waals surface area contributed by atoms with E-state index in [0.29, 0.717) is 18.5 Å². The maximum atomic E-state index is 13.1. The number of fused-ring (bicyclic) bond motifs is 1. The number of aromatic nitrogens is 2. The quantitative estimate of drug-likeness (QED) is 0.877. The van der Waals surface area contributed by atoms with E-state index < -0.39 is 0 Å². The number of likely N-dealkylation sites (tertiary alicyclic amines) is 1. The van der Waals surface area contributed by atoms with Crippen molar-refractivity contribution in [1.82, 2.24) is 14.7 Å². The molecule has 1 N–H and O–H groups in total. The molecule has 2 aliphatic rings. The maximum absolute atomic E-state index is 13.1. The van der Waals surface area contributed by atoms with Crippen molar-refractivity contribution in [3.8, 4) is 10.4 Å². The zero-order valence-electron chi connectivity index (χ0n) is 14.4. The fourth-order valence-electron chi connectivity index (χ4n) is 4.36.